The van der Waals surface area contributed by atoms with E-state index in [0.29, 0.717) is 13.1 Å². The van der Waals surface area contributed by atoms with Crippen LogP contribution in [0.5, 0.6) is 0 Å². The molecule has 0 aliphatic rings. The fourth-order valence-electron chi connectivity index (χ4n) is 4.72. The molecule has 0 saturated heterocycles. The highest BCUT2D eigenvalue weighted by Crippen LogP contribution is 2.41. The summed E-state index contributed by atoms with van der Waals surface area (Å²) in [6.07, 6.45) is -0.552. The molecule has 34 heavy (non-hydrogen) atoms. The summed E-state index contributed by atoms with van der Waals surface area (Å²) < 4.78 is 2.29. The van der Waals surface area contributed by atoms with Crippen molar-refractivity contribution in [3.63, 3.8) is 0 Å². The largest absolute Gasteiger partial charge is 0.389 e. The molecule has 0 aliphatic heterocycles. The van der Waals surface area contributed by atoms with Gasteiger partial charge in [-0.2, -0.15) is 0 Å². The van der Waals surface area contributed by atoms with Crippen molar-refractivity contribution in [1.82, 2.24) is 4.57 Å². The molecule has 0 amide bonds. The molecule has 5 rings (SSSR count). The second kappa shape index (κ2) is 9.58. The number of benzene rings is 4. The highest BCUT2D eigenvalue weighted by molar-refractivity contribution is 6.04. The molecule has 3 nitrogen and oxygen atoms in total. The summed E-state index contributed by atoms with van der Waals surface area (Å²) in [6.45, 7) is 5.18. The molecule has 1 aromatic heterocycles. The van der Waals surface area contributed by atoms with Crippen LogP contribution in [0.2, 0.25) is 0 Å². The predicted octanol–water partition coefficient (Wildman–Crippen LogP) is 7.07. The summed E-state index contributed by atoms with van der Waals surface area (Å²) in [7, 11) is 0. The second-order valence-corrected chi connectivity index (χ2v) is 8.99. The van der Waals surface area contributed by atoms with E-state index in [1.807, 2.05) is 18.2 Å². The van der Waals surface area contributed by atoms with Crippen molar-refractivity contribution >= 4 is 16.6 Å². The van der Waals surface area contributed by atoms with Crippen LogP contribution in [0.1, 0.15) is 11.1 Å². The Morgan fingerprint density at radius 1 is 0.735 bits per heavy atom. The van der Waals surface area contributed by atoms with Crippen LogP contribution in [-0.2, 0) is 6.54 Å². The summed E-state index contributed by atoms with van der Waals surface area (Å²) >= 11 is 0. The molecule has 0 radical (unpaired) electrons. The first-order valence-corrected chi connectivity index (χ1v) is 11.8. The molecule has 0 spiro atoms. The SMILES string of the molecule is Cc1cccc(NCC(O)Cn2c(-c3ccccc3)c(-c3ccccc3)c3cc(C)ccc32)c1. The number of anilines is 1. The van der Waals surface area contributed by atoms with Crippen molar-refractivity contribution in [2.45, 2.75) is 26.5 Å². The Labute approximate surface area is 201 Å². The second-order valence-electron chi connectivity index (χ2n) is 8.99. The Kier molecular flexibility index (Phi) is 6.20. The average molecular weight is 447 g/mol. The standard InChI is InChI=1S/C31H30N2O/c1-22-10-9-15-26(18-22)32-20-27(34)21-33-29-17-16-23(2)19-28(29)30(24-11-5-3-6-12-24)31(33)25-13-7-4-8-14-25/h3-19,27,32,34H,20-21H2,1-2H3. The number of hydrogen-bond donors (Lipinski definition) is 2. The lowest BCUT2D eigenvalue weighted by Gasteiger charge is -2.18. The number of aliphatic hydroxyl groups is 1. The van der Waals surface area contributed by atoms with E-state index >= 15 is 0 Å². The topological polar surface area (TPSA) is 37.2 Å². The van der Waals surface area contributed by atoms with Gasteiger partial charge >= 0.3 is 0 Å². The maximum absolute atomic E-state index is 11.1. The van der Waals surface area contributed by atoms with Gasteiger partial charge in [-0.1, -0.05) is 84.4 Å². The Bertz CT molecular complexity index is 1400. The molecule has 3 heteroatoms. The first-order valence-electron chi connectivity index (χ1n) is 11.8. The van der Waals surface area contributed by atoms with Gasteiger partial charge < -0.3 is 15.0 Å². The predicted molar refractivity (Wildman–Crippen MR) is 143 cm³/mol. The minimum atomic E-state index is -0.552. The Morgan fingerprint density at radius 3 is 2.12 bits per heavy atom. The maximum atomic E-state index is 11.1. The lowest BCUT2D eigenvalue weighted by Crippen LogP contribution is -2.25. The summed E-state index contributed by atoms with van der Waals surface area (Å²) in [5, 5.41) is 15.7. The van der Waals surface area contributed by atoms with Crippen LogP contribution in [0.15, 0.2) is 103 Å². The molecule has 1 heterocycles. The molecule has 170 valence electrons. The average Bonchev–Trinajstić information content (AvgIpc) is 3.17. The zero-order chi connectivity index (χ0) is 23.5. The third-order valence-corrected chi connectivity index (χ3v) is 6.28. The first kappa shape index (κ1) is 22.0. The van der Waals surface area contributed by atoms with Crippen LogP contribution in [0.4, 0.5) is 5.69 Å². The molecular formula is C31H30N2O. The lowest BCUT2D eigenvalue weighted by atomic mass is 9.98. The number of aliphatic hydroxyl groups excluding tert-OH is 1. The molecule has 0 bridgehead atoms. The van der Waals surface area contributed by atoms with Crippen LogP contribution in [0, 0.1) is 13.8 Å². The van der Waals surface area contributed by atoms with Gasteiger partial charge in [-0.25, -0.2) is 0 Å². The molecule has 0 fully saturated rings. The number of nitrogens with one attached hydrogen (secondary N) is 1. The van der Waals surface area contributed by atoms with Gasteiger partial charge in [0, 0.05) is 28.7 Å². The van der Waals surface area contributed by atoms with Crippen LogP contribution >= 0.6 is 0 Å². The smallest absolute Gasteiger partial charge is 0.0891 e. The number of fused-ring (bicyclic) bond motifs is 1. The molecule has 1 unspecified atom stereocenters. The van der Waals surface area contributed by atoms with Crippen LogP contribution < -0.4 is 5.32 Å². The number of hydrogen-bond acceptors (Lipinski definition) is 2. The Balaban J connectivity index is 1.60. The summed E-state index contributed by atoms with van der Waals surface area (Å²) in [5.74, 6) is 0. The lowest BCUT2D eigenvalue weighted by molar-refractivity contribution is 0.169. The van der Waals surface area contributed by atoms with Crippen molar-refractivity contribution < 1.29 is 5.11 Å². The fraction of sp³-hybridized carbons (Fsp3) is 0.161. The summed E-state index contributed by atoms with van der Waals surface area (Å²) in [5.41, 5.74) is 9.27. The van der Waals surface area contributed by atoms with E-state index in [1.165, 1.54) is 27.6 Å². The van der Waals surface area contributed by atoms with Crippen LogP contribution in [0.3, 0.4) is 0 Å². The highest BCUT2D eigenvalue weighted by Gasteiger charge is 2.21. The minimum absolute atomic E-state index is 0.476. The summed E-state index contributed by atoms with van der Waals surface area (Å²) in [4.78, 5) is 0. The zero-order valence-corrected chi connectivity index (χ0v) is 19.7. The van der Waals surface area contributed by atoms with Gasteiger partial charge in [-0.3, -0.25) is 0 Å². The van der Waals surface area contributed by atoms with E-state index in [2.05, 4.69) is 109 Å². The third-order valence-electron chi connectivity index (χ3n) is 6.28. The van der Waals surface area contributed by atoms with E-state index in [0.717, 1.165) is 22.5 Å². The van der Waals surface area contributed by atoms with E-state index in [1.54, 1.807) is 0 Å². The van der Waals surface area contributed by atoms with Gasteiger partial charge in [0.2, 0.25) is 0 Å². The maximum Gasteiger partial charge on any atom is 0.0891 e. The summed E-state index contributed by atoms with van der Waals surface area (Å²) in [6, 6.07) is 35.9. The number of aryl methyl sites for hydroxylation is 2. The van der Waals surface area contributed by atoms with E-state index in [4.69, 9.17) is 0 Å². The molecular weight excluding hydrogens is 416 g/mol. The Hall–Kier alpha value is -3.82. The zero-order valence-electron chi connectivity index (χ0n) is 19.7. The van der Waals surface area contributed by atoms with Crippen molar-refractivity contribution in [3.05, 3.63) is 114 Å². The van der Waals surface area contributed by atoms with Crippen molar-refractivity contribution in [2.24, 2.45) is 0 Å². The molecule has 0 aliphatic carbocycles. The van der Waals surface area contributed by atoms with Crippen LogP contribution in [0.25, 0.3) is 33.3 Å². The molecule has 0 saturated carbocycles. The van der Waals surface area contributed by atoms with Gasteiger partial charge in [0.25, 0.3) is 0 Å². The van der Waals surface area contributed by atoms with Crippen molar-refractivity contribution in [1.29, 1.82) is 0 Å². The normalized spacial score (nSPS) is 12.1. The van der Waals surface area contributed by atoms with Gasteiger partial charge in [0.1, 0.15) is 0 Å². The van der Waals surface area contributed by atoms with Crippen molar-refractivity contribution in [2.75, 3.05) is 11.9 Å². The van der Waals surface area contributed by atoms with E-state index < -0.39 is 6.10 Å². The first-order chi connectivity index (χ1) is 16.6. The van der Waals surface area contributed by atoms with Gasteiger partial charge in [0.15, 0.2) is 0 Å². The monoisotopic (exact) mass is 446 g/mol. The van der Waals surface area contributed by atoms with Gasteiger partial charge in [-0.15, -0.1) is 0 Å². The molecule has 4 aromatic carbocycles. The number of nitrogens with zero attached hydrogens (tertiary/aromatic N) is 1. The highest BCUT2D eigenvalue weighted by atomic mass is 16.3. The Morgan fingerprint density at radius 2 is 1.41 bits per heavy atom. The van der Waals surface area contributed by atoms with E-state index in [9.17, 15) is 5.11 Å². The van der Waals surface area contributed by atoms with Gasteiger partial charge in [0.05, 0.1) is 18.3 Å². The number of rotatable bonds is 7. The number of aromatic nitrogens is 1. The molecule has 1 atom stereocenters. The molecule has 2 N–H and O–H groups in total. The third kappa shape index (κ3) is 4.48. The van der Waals surface area contributed by atoms with Gasteiger partial charge in [-0.05, 0) is 54.8 Å². The van der Waals surface area contributed by atoms with Crippen molar-refractivity contribution in [3.8, 4) is 22.4 Å². The minimum Gasteiger partial charge on any atom is -0.389 e. The fourth-order valence-corrected chi connectivity index (χ4v) is 4.72. The molecule has 5 aromatic rings. The quantitative estimate of drug-likeness (QED) is 0.281. The van der Waals surface area contributed by atoms with E-state index in [-0.39, 0.29) is 0 Å². The van der Waals surface area contributed by atoms with Crippen LogP contribution in [-0.4, -0.2) is 22.3 Å².